The summed E-state index contributed by atoms with van der Waals surface area (Å²) in [6, 6.07) is 7.24. The molecule has 1 atom stereocenters. The number of rotatable bonds is 3. The second kappa shape index (κ2) is 6.00. The average molecular weight is 314 g/mol. The standard InChI is InChI=1S/C13H16ClN3O2S/c1-16-20(18,19)11-5-3-7-17(9-11)13-10(8-15)4-2-6-12(13)14/h2,4,6,11,16H,3,5,7,9H2,1H3/t11-/m1/s1. The number of anilines is 1. The molecule has 0 radical (unpaired) electrons. The SMILES string of the molecule is CNS(=O)(=O)[C@@H]1CCCN(c2c(Cl)cccc2C#N)C1. The molecular formula is C13H16ClN3O2S. The molecule has 1 N–H and O–H groups in total. The Labute approximate surface area is 124 Å². The predicted octanol–water partition coefficient (Wildman–Crippen LogP) is 1.73. The van der Waals surface area contributed by atoms with Crippen molar-refractivity contribution >= 4 is 27.3 Å². The first-order valence-corrected chi connectivity index (χ1v) is 8.28. The van der Waals surface area contributed by atoms with Gasteiger partial charge in [-0.1, -0.05) is 17.7 Å². The summed E-state index contributed by atoms with van der Waals surface area (Å²) < 4.78 is 26.2. The van der Waals surface area contributed by atoms with Gasteiger partial charge in [0.1, 0.15) is 6.07 Å². The van der Waals surface area contributed by atoms with Crippen molar-refractivity contribution in [2.24, 2.45) is 0 Å². The highest BCUT2D eigenvalue weighted by Crippen LogP contribution is 2.32. The third-order valence-corrected chi connectivity index (χ3v) is 5.66. The van der Waals surface area contributed by atoms with Crippen molar-refractivity contribution < 1.29 is 8.42 Å². The minimum atomic E-state index is -3.31. The number of piperidine rings is 1. The highest BCUT2D eigenvalue weighted by Gasteiger charge is 2.31. The molecule has 1 fully saturated rings. The van der Waals surface area contributed by atoms with Crippen LogP contribution in [0.5, 0.6) is 0 Å². The van der Waals surface area contributed by atoms with Gasteiger partial charge in [0.25, 0.3) is 0 Å². The fourth-order valence-electron chi connectivity index (χ4n) is 2.49. The zero-order valence-corrected chi connectivity index (χ0v) is 12.7. The third-order valence-electron chi connectivity index (χ3n) is 3.52. The van der Waals surface area contributed by atoms with Crippen LogP contribution in [0.1, 0.15) is 18.4 Å². The van der Waals surface area contributed by atoms with Crippen molar-refractivity contribution in [3.63, 3.8) is 0 Å². The predicted molar refractivity (Wildman–Crippen MR) is 79.4 cm³/mol. The highest BCUT2D eigenvalue weighted by molar-refractivity contribution is 7.90. The van der Waals surface area contributed by atoms with E-state index in [-0.39, 0.29) is 0 Å². The van der Waals surface area contributed by atoms with Crippen molar-refractivity contribution in [2.45, 2.75) is 18.1 Å². The highest BCUT2D eigenvalue weighted by atomic mass is 35.5. The fourth-order valence-corrected chi connectivity index (χ4v) is 3.97. The molecule has 0 saturated carbocycles. The van der Waals surface area contributed by atoms with Crippen molar-refractivity contribution in [3.8, 4) is 6.07 Å². The topological polar surface area (TPSA) is 73.2 Å². The molecule has 1 aliphatic rings. The van der Waals surface area contributed by atoms with Gasteiger partial charge < -0.3 is 4.90 Å². The summed E-state index contributed by atoms with van der Waals surface area (Å²) in [4.78, 5) is 1.89. The first-order valence-electron chi connectivity index (χ1n) is 6.35. The van der Waals surface area contributed by atoms with E-state index in [9.17, 15) is 13.7 Å². The molecule has 20 heavy (non-hydrogen) atoms. The van der Waals surface area contributed by atoms with Gasteiger partial charge in [-0.3, -0.25) is 0 Å². The van der Waals surface area contributed by atoms with E-state index in [2.05, 4.69) is 10.8 Å². The number of sulfonamides is 1. The monoisotopic (exact) mass is 313 g/mol. The largest absolute Gasteiger partial charge is 0.368 e. The maximum absolute atomic E-state index is 11.9. The molecule has 0 aliphatic carbocycles. The molecule has 1 aromatic carbocycles. The fraction of sp³-hybridized carbons (Fsp3) is 0.462. The molecular weight excluding hydrogens is 298 g/mol. The van der Waals surface area contributed by atoms with E-state index in [4.69, 9.17) is 11.6 Å². The molecule has 1 saturated heterocycles. The van der Waals surface area contributed by atoms with Crippen LogP contribution in [0, 0.1) is 11.3 Å². The van der Waals surface area contributed by atoms with Gasteiger partial charge >= 0.3 is 0 Å². The molecule has 0 spiro atoms. The summed E-state index contributed by atoms with van der Waals surface area (Å²) >= 11 is 6.18. The van der Waals surface area contributed by atoms with Gasteiger partial charge in [-0.05, 0) is 32.0 Å². The van der Waals surface area contributed by atoms with Crippen molar-refractivity contribution in [2.75, 3.05) is 25.0 Å². The summed E-state index contributed by atoms with van der Waals surface area (Å²) in [6.45, 7) is 1.05. The second-order valence-corrected chi connectivity index (χ2v) is 7.28. The maximum Gasteiger partial charge on any atom is 0.215 e. The Morgan fingerprint density at radius 2 is 2.25 bits per heavy atom. The summed E-state index contributed by atoms with van der Waals surface area (Å²) in [7, 11) is -1.89. The van der Waals surface area contributed by atoms with E-state index in [1.165, 1.54) is 7.05 Å². The Kier molecular flexibility index (Phi) is 4.53. The number of nitrogens with zero attached hydrogens (tertiary/aromatic N) is 2. The summed E-state index contributed by atoms with van der Waals surface area (Å²) in [5.74, 6) is 0. The van der Waals surface area contributed by atoms with Crippen molar-refractivity contribution in [1.82, 2.24) is 4.72 Å². The number of halogens is 1. The van der Waals surface area contributed by atoms with Gasteiger partial charge in [0.2, 0.25) is 10.0 Å². The normalized spacial score (nSPS) is 19.6. The second-order valence-electron chi connectivity index (χ2n) is 4.71. The Balaban J connectivity index is 2.33. The van der Waals surface area contributed by atoms with Gasteiger partial charge in [-0.2, -0.15) is 5.26 Å². The quantitative estimate of drug-likeness (QED) is 0.922. The zero-order valence-electron chi connectivity index (χ0n) is 11.1. The molecule has 1 aliphatic heterocycles. The lowest BCUT2D eigenvalue weighted by Gasteiger charge is -2.34. The van der Waals surface area contributed by atoms with Crippen LogP contribution in [-0.2, 0) is 10.0 Å². The van der Waals surface area contributed by atoms with Crippen LogP contribution in [-0.4, -0.2) is 33.8 Å². The smallest absolute Gasteiger partial charge is 0.215 e. The number of hydrogen-bond acceptors (Lipinski definition) is 4. The van der Waals surface area contributed by atoms with Crippen LogP contribution in [0.25, 0.3) is 0 Å². The molecule has 0 bridgehead atoms. The van der Waals surface area contributed by atoms with E-state index in [1.54, 1.807) is 18.2 Å². The Morgan fingerprint density at radius 1 is 1.50 bits per heavy atom. The van der Waals surface area contributed by atoms with Crippen LogP contribution in [0.15, 0.2) is 18.2 Å². The van der Waals surface area contributed by atoms with E-state index in [0.717, 1.165) is 6.42 Å². The molecule has 0 amide bonds. The van der Waals surface area contributed by atoms with Crippen LogP contribution in [0.4, 0.5) is 5.69 Å². The average Bonchev–Trinajstić information content (AvgIpc) is 2.47. The first-order chi connectivity index (χ1) is 9.49. The van der Waals surface area contributed by atoms with Crippen molar-refractivity contribution in [3.05, 3.63) is 28.8 Å². The Bertz CT molecular complexity index is 640. The molecule has 0 aromatic heterocycles. The summed E-state index contributed by atoms with van der Waals surface area (Å²) in [5, 5.41) is 9.18. The van der Waals surface area contributed by atoms with Crippen molar-refractivity contribution in [1.29, 1.82) is 5.26 Å². The number of para-hydroxylation sites is 1. The van der Waals surface area contributed by atoms with Crippen LogP contribution in [0.2, 0.25) is 5.02 Å². The molecule has 108 valence electrons. The van der Waals surface area contributed by atoms with E-state index >= 15 is 0 Å². The Morgan fingerprint density at radius 3 is 2.90 bits per heavy atom. The number of nitrogens with one attached hydrogen (secondary N) is 1. The lowest BCUT2D eigenvalue weighted by Crippen LogP contribution is -2.46. The molecule has 2 rings (SSSR count). The number of benzene rings is 1. The van der Waals surface area contributed by atoms with E-state index in [1.807, 2.05) is 4.90 Å². The Hall–Kier alpha value is -1.29. The van der Waals surface area contributed by atoms with Crippen LogP contribution < -0.4 is 9.62 Å². The lowest BCUT2D eigenvalue weighted by molar-refractivity contribution is 0.526. The molecule has 1 heterocycles. The van der Waals surface area contributed by atoms with Crippen LogP contribution >= 0.6 is 11.6 Å². The first kappa shape index (κ1) is 15.1. The molecule has 7 heteroatoms. The van der Waals surface area contributed by atoms with Crippen LogP contribution in [0.3, 0.4) is 0 Å². The van der Waals surface area contributed by atoms with Gasteiger partial charge in [-0.15, -0.1) is 0 Å². The maximum atomic E-state index is 11.9. The lowest BCUT2D eigenvalue weighted by atomic mass is 10.1. The molecule has 5 nitrogen and oxygen atoms in total. The minimum absolute atomic E-state index is 0.349. The van der Waals surface area contributed by atoms with E-state index < -0.39 is 15.3 Å². The van der Waals surface area contributed by atoms with E-state index in [0.29, 0.717) is 35.8 Å². The minimum Gasteiger partial charge on any atom is -0.368 e. The number of nitriles is 1. The molecule has 0 unspecified atom stereocenters. The third kappa shape index (κ3) is 2.90. The van der Waals surface area contributed by atoms with Gasteiger partial charge in [0.15, 0.2) is 0 Å². The number of hydrogen-bond donors (Lipinski definition) is 1. The summed E-state index contributed by atoms with van der Waals surface area (Å²) in [5.41, 5.74) is 1.10. The van der Waals surface area contributed by atoms with Gasteiger partial charge in [0, 0.05) is 13.1 Å². The van der Waals surface area contributed by atoms with Gasteiger partial charge in [0.05, 0.1) is 21.5 Å². The van der Waals surface area contributed by atoms with Gasteiger partial charge in [-0.25, -0.2) is 13.1 Å². The zero-order chi connectivity index (χ0) is 14.8. The summed E-state index contributed by atoms with van der Waals surface area (Å²) in [6.07, 6.45) is 1.37. The molecule has 1 aromatic rings.